The minimum Gasteiger partial charge on any atom is -0.458 e. The van der Waals surface area contributed by atoms with Crippen LogP contribution in [0.1, 0.15) is 34.6 Å². The highest BCUT2D eigenvalue weighted by Gasteiger charge is 2.45. The van der Waals surface area contributed by atoms with Gasteiger partial charge >= 0.3 is 5.97 Å². The number of likely N-dealkylation sites (tertiary alicyclic amines) is 1. The molecule has 1 heterocycles. The van der Waals surface area contributed by atoms with Gasteiger partial charge in [-0.15, -0.1) is 0 Å². The van der Waals surface area contributed by atoms with E-state index in [1.165, 1.54) is 6.92 Å². The van der Waals surface area contributed by atoms with E-state index < -0.39 is 18.2 Å². The van der Waals surface area contributed by atoms with Gasteiger partial charge in [0, 0.05) is 25.0 Å². The molecule has 0 radical (unpaired) electrons. The minimum absolute atomic E-state index is 0.0658. The van der Waals surface area contributed by atoms with Gasteiger partial charge in [0.25, 0.3) is 0 Å². The molecular weight excluding hydrogens is 197 g/mol. The number of rotatable bonds is 1. The van der Waals surface area contributed by atoms with Crippen molar-refractivity contribution < 1.29 is 13.9 Å². The van der Waals surface area contributed by atoms with Crippen molar-refractivity contribution in [2.75, 3.05) is 6.54 Å². The molecule has 0 aromatic carbocycles. The van der Waals surface area contributed by atoms with Gasteiger partial charge in [0.2, 0.25) is 0 Å². The van der Waals surface area contributed by atoms with E-state index in [1.54, 1.807) is 0 Å². The van der Waals surface area contributed by atoms with E-state index in [2.05, 4.69) is 0 Å². The number of alkyl halides is 1. The second kappa shape index (κ2) is 4.08. The van der Waals surface area contributed by atoms with Gasteiger partial charge in [-0.25, -0.2) is 4.39 Å². The predicted octanol–water partition coefficient (Wildman–Crippen LogP) is 1.76. The van der Waals surface area contributed by atoms with Crippen LogP contribution in [-0.4, -0.2) is 41.3 Å². The molecule has 15 heavy (non-hydrogen) atoms. The van der Waals surface area contributed by atoms with Gasteiger partial charge in [-0.3, -0.25) is 9.69 Å². The average molecular weight is 217 g/mol. The highest BCUT2D eigenvalue weighted by Crippen LogP contribution is 2.30. The number of hydrogen-bond donors (Lipinski definition) is 0. The molecule has 1 fully saturated rings. The van der Waals surface area contributed by atoms with Crippen LogP contribution in [0.15, 0.2) is 0 Å². The van der Waals surface area contributed by atoms with E-state index in [1.807, 2.05) is 32.6 Å². The molecule has 0 bridgehead atoms. The maximum atomic E-state index is 13.7. The molecular formula is C11H20FNO2. The Bertz CT molecular complexity index is 249. The van der Waals surface area contributed by atoms with Crippen LogP contribution in [0.4, 0.5) is 4.39 Å². The van der Waals surface area contributed by atoms with E-state index >= 15 is 0 Å². The Labute approximate surface area is 90.6 Å². The molecule has 0 amide bonds. The zero-order valence-corrected chi connectivity index (χ0v) is 10.1. The van der Waals surface area contributed by atoms with Gasteiger partial charge in [0.05, 0.1) is 0 Å². The Morgan fingerprint density at radius 1 is 1.47 bits per heavy atom. The Balaban J connectivity index is 2.74. The van der Waals surface area contributed by atoms with Gasteiger partial charge in [0.15, 0.2) is 6.17 Å². The van der Waals surface area contributed by atoms with Crippen molar-refractivity contribution in [2.45, 2.75) is 58.5 Å². The van der Waals surface area contributed by atoms with Gasteiger partial charge < -0.3 is 4.74 Å². The molecule has 3 nitrogen and oxygen atoms in total. The lowest BCUT2D eigenvalue weighted by molar-refractivity contribution is -0.149. The third-order valence-electron chi connectivity index (χ3n) is 2.86. The van der Waals surface area contributed by atoms with Gasteiger partial charge in [0.1, 0.15) is 6.10 Å². The van der Waals surface area contributed by atoms with E-state index in [4.69, 9.17) is 4.74 Å². The van der Waals surface area contributed by atoms with Gasteiger partial charge in [-0.1, -0.05) is 0 Å². The third-order valence-corrected chi connectivity index (χ3v) is 2.86. The summed E-state index contributed by atoms with van der Waals surface area (Å²) in [6, 6.07) is -0.0658. The summed E-state index contributed by atoms with van der Waals surface area (Å²) in [7, 11) is 0. The zero-order valence-electron chi connectivity index (χ0n) is 10.1. The molecule has 1 saturated heterocycles. The van der Waals surface area contributed by atoms with Crippen molar-refractivity contribution in [3.05, 3.63) is 0 Å². The molecule has 0 aromatic heterocycles. The molecule has 0 aromatic rings. The first-order valence-electron chi connectivity index (χ1n) is 5.31. The molecule has 1 aliphatic rings. The number of hydrogen-bond acceptors (Lipinski definition) is 3. The fourth-order valence-corrected chi connectivity index (χ4v) is 2.19. The summed E-state index contributed by atoms with van der Waals surface area (Å²) in [6.07, 6.45) is -1.70. The average Bonchev–Trinajstić information content (AvgIpc) is 2.30. The van der Waals surface area contributed by atoms with Crippen molar-refractivity contribution in [3.63, 3.8) is 0 Å². The van der Waals surface area contributed by atoms with Crippen LogP contribution in [0.5, 0.6) is 0 Å². The lowest BCUT2D eigenvalue weighted by Gasteiger charge is -2.35. The van der Waals surface area contributed by atoms with Crippen LogP contribution in [0.2, 0.25) is 0 Å². The van der Waals surface area contributed by atoms with Crippen molar-refractivity contribution in [1.29, 1.82) is 0 Å². The number of nitrogens with zero attached hydrogens (tertiary/aromatic N) is 1. The molecule has 0 aliphatic carbocycles. The summed E-state index contributed by atoms with van der Waals surface area (Å²) in [5.41, 5.74) is -0.0986. The SMILES string of the molecule is CC(=O)O[C@H]1[C@@H](C)N(C(C)(C)C)C[C@@H]1F. The molecule has 0 unspecified atom stereocenters. The first-order chi connectivity index (χ1) is 6.73. The van der Waals surface area contributed by atoms with Crippen LogP contribution >= 0.6 is 0 Å². The molecule has 88 valence electrons. The maximum Gasteiger partial charge on any atom is 0.303 e. The second-order valence-electron chi connectivity index (χ2n) is 5.15. The molecule has 0 saturated carbocycles. The van der Waals surface area contributed by atoms with Crippen molar-refractivity contribution in [1.82, 2.24) is 4.90 Å². The summed E-state index contributed by atoms with van der Waals surface area (Å²) in [5, 5.41) is 0. The molecule has 0 spiro atoms. The highest BCUT2D eigenvalue weighted by molar-refractivity contribution is 5.66. The number of carbonyl (C=O) groups is 1. The zero-order chi connectivity index (χ0) is 11.8. The van der Waals surface area contributed by atoms with Crippen LogP contribution < -0.4 is 0 Å². The summed E-state index contributed by atoms with van der Waals surface area (Å²) in [6.45, 7) is 9.66. The summed E-state index contributed by atoms with van der Waals surface area (Å²) in [5.74, 6) is -0.412. The third kappa shape index (κ3) is 2.68. The number of esters is 1. The van der Waals surface area contributed by atoms with Crippen LogP contribution in [0, 0.1) is 0 Å². The second-order valence-corrected chi connectivity index (χ2v) is 5.15. The van der Waals surface area contributed by atoms with Crippen molar-refractivity contribution in [3.8, 4) is 0 Å². The Hall–Kier alpha value is -0.640. The molecule has 4 heteroatoms. The van der Waals surface area contributed by atoms with E-state index in [0.717, 1.165) is 0 Å². The summed E-state index contributed by atoms with van der Waals surface area (Å²) < 4.78 is 18.7. The van der Waals surface area contributed by atoms with Crippen molar-refractivity contribution >= 4 is 5.97 Å². The molecule has 1 rings (SSSR count). The van der Waals surface area contributed by atoms with Crippen LogP contribution in [-0.2, 0) is 9.53 Å². The predicted molar refractivity (Wildman–Crippen MR) is 56.4 cm³/mol. The smallest absolute Gasteiger partial charge is 0.303 e. The number of ether oxygens (including phenoxy) is 1. The quantitative estimate of drug-likeness (QED) is 0.627. The fourth-order valence-electron chi connectivity index (χ4n) is 2.19. The van der Waals surface area contributed by atoms with E-state index in [9.17, 15) is 9.18 Å². The molecule has 3 atom stereocenters. The van der Waals surface area contributed by atoms with Crippen LogP contribution in [0.3, 0.4) is 0 Å². The summed E-state index contributed by atoms with van der Waals surface area (Å²) in [4.78, 5) is 12.9. The van der Waals surface area contributed by atoms with Crippen LogP contribution in [0.25, 0.3) is 0 Å². The van der Waals surface area contributed by atoms with Gasteiger partial charge in [-0.2, -0.15) is 0 Å². The number of carbonyl (C=O) groups excluding carboxylic acids is 1. The summed E-state index contributed by atoms with van der Waals surface area (Å²) >= 11 is 0. The minimum atomic E-state index is -1.08. The monoisotopic (exact) mass is 217 g/mol. The first-order valence-corrected chi connectivity index (χ1v) is 5.31. The van der Waals surface area contributed by atoms with E-state index in [-0.39, 0.29) is 11.6 Å². The number of halogens is 1. The van der Waals surface area contributed by atoms with E-state index in [0.29, 0.717) is 6.54 Å². The maximum absolute atomic E-state index is 13.7. The standard InChI is InChI=1S/C11H20FNO2/c1-7-10(15-8(2)14)9(12)6-13(7)11(3,4)5/h7,9-10H,6H2,1-5H3/t7-,9+,10+/m1/s1. The largest absolute Gasteiger partial charge is 0.458 e. The van der Waals surface area contributed by atoms with Gasteiger partial charge in [-0.05, 0) is 27.7 Å². The highest BCUT2D eigenvalue weighted by atomic mass is 19.1. The van der Waals surface area contributed by atoms with Crippen molar-refractivity contribution in [2.24, 2.45) is 0 Å². The lowest BCUT2D eigenvalue weighted by Crippen LogP contribution is -2.46. The normalized spacial score (nSPS) is 33.1. The molecule has 1 aliphatic heterocycles. The Kier molecular flexibility index (Phi) is 3.38. The Morgan fingerprint density at radius 3 is 2.33 bits per heavy atom. The first kappa shape index (κ1) is 12.4. The lowest BCUT2D eigenvalue weighted by atomic mass is 10.0. The fraction of sp³-hybridized carbons (Fsp3) is 0.909. The topological polar surface area (TPSA) is 29.5 Å². The Morgan fingerprint density at radius 2 is 2.00 bits per heavy atom. The molecule has 0 N–H and O–H groups in total.